The molecular formula is C15H21ClN2O2. The van der Waals surface area contributed by atoms with Crippen molar-refractivity contribution in [2.24, 2.45) is 5.73 Å². The highest BCUT2D eigenvalue weighted by molar-refractivity contribution is 6.30. The molecule has 1 amide bonds. The number of nitrogens with two attached hydrogens (primary N) is 1. The van der Waals surface area contributed by atoms with Crippen molar-refractivity contribution in [2.45, 2.75) is 38.8 Å². The van der Waals surface area contributed by atoms with E-state index in [0.29, 0.717) is 10.8 Å². The number of hydrogen-bond acceptors (Lipinski definition) is 3. The van der Waals surface area contributed by atoms with Crippen molar-refractivity contribution in [3.8, 4) is 5.75 Å². The molecule has 1 heterocycles. The Balaban J connectivity index is 2.10. The van der Waals surface area contributed by atoms with Gasteiger partial charge in [0.15, 0.2) is 6.10 Å². The fourth-order valence-electron chi connectivity index (χ4n) is 2.42. The second kappa shape index (κ2) is 6.46. The van der Waals surface area contributed by atoms with Gasteiger partial charge >= 0.3 is 0 Å². The van der Waals surface area contributed by atoms with Crippen LogP contribution in [0.25, 0.3) is 0 Å². The lowest BCUT2D eigenvalue weighted by Gasteiger charge is -2.23. The number of ether oxygens (including phenoxy) is 1. The van der Waals surface area contributed by atoms with Gasteiger partial charge in [0, 0.05) is 29.7 Å². The molecule has 110 valence electrons. The van der Waals surface area contributed by atoms with Crippen LogP contribution in [0.5, 0.6) is 5.75 Å². The molecule has 2 atom stereocenters. The summed E-state index contributed by atoms with van der Waals surface area (Å²) >= 11 is 5.98. The molecule has 0 aliphatic carbocycles. The minimum absolute atomic E-state index is 0.0353. The molecule has 5 heteroatoms. The summed E-state index contributed by atoms with van der Waals surface area (Å²) in [5.41, 5.74) is 6.74. The first-order valence-electron chi connectivity index (χ1n) is 6.99. The molecule has 0 aromatic heterocycles. The third-order valence-electron chi connectivity index (χ3n) is 3.53. The standard InChI is InChI=1S/C15H21ClN2O2/c1-10(17)13-9-12(16)5-6-14(13)20-11(2)15(19)18-7-3-4-8-18/h5-6,9-11H,3-4,7-8,17H2,1-2H3. The van der Waals surface area contributed by atoms with Crippen LogP contribution in [-0.2, 0) is 4.79 Å². The van der Waals surface area contributed by atoms with Crippen LogP contribution in [0.1, 0.15) is 38.3 Å². The predicted octanol–water partition coefficient (Wildman–Crippen LogP) is 2.75. The highest BCUT2D eigenvalue weighted by Gasteiger charge is 2.25. The second-order valence-corrected chi connectivity index (χ2v) is 5.70. The molecule has 1 aliphatic heterocycles. The van der Waals surface area contributed by atoms with Crippen LogP contribution in [0.2, 0.25) is 5.02 Å². The van der Waals surface area contributed by atoms with Gasteiger partial charge in [-0.05, 0) is 44.9 Å². The first kappa shape index (κ1) is 15.1. The van der Waals surface area contributed by atoms with Crippen LogP contribution in [0, 0.1) is 0 Å². The maximum atomic E-state index is 12.2. The number of hydrogen-bond donors (Lipinski definition) is 1. The third-order valence-corrected chi connectivity index (χ3v) is 3.77. The molecule has 0 saturated carbocycles. The van der Waals surface area contributed by atoms with Crippen molar-refractivity contribution >= 4 is 17.5 Å². The number of likely N-dealkylation sites (tertiary alicyclic amines) is 1. The molecule has 1 fully saturated rings. The Morgan fingerprint density at radius 2 is 2.00 bits per heavy atom. The van der Waals surface area contributed by atoms with E-state index in [0.717, 1.165) is 31.5 Å². The normalized spacial score (nSPS) is 17.9. The monoisotopic (exact) mass is 296 g/mol. The maximum Gasteiger partial charge on any atom is 0.263 e. The topological polar surface area (TPSA) is 55.6 Å². The first-order chi connectivity index (χ1) is 9.49. The smallest absolute Gasteiger partial charge is 0.263 e. The number of halogens is 1. The summed E-state index contributed by atoms with van der Waals surface area (Å²) in [5.74, 6) is 0.664. The summed E-state index contributed by atoms with van der Waals surface area (Å²) in [7, 11) is 0. The van der Waals surface area contributed by atoms with Gasteiger partial charge in [0.05, 0.1) is 0 Å². The van der Waals surface area contributed by atoms with E-state index in [1.165, 1.54) is 0 Å². The number of benzene rings is 1. The average molecular weight is 297 g/mol. The minimum Gasteiger partial charge on any atom is -0.481 e. The van der Waals surface area contributed by atoms with Crippen LogP contribution in [0.3, 0.4) is 0 Å². The van der Waals surface area contributed by atoms with Gasteiger partial charge in [0.2, 0.25) is 0 Å². The quantitative estimate of drug-likeness (QED) is 0.929. The number of rotatable bonds is 4. The second-order valence-electron chi connectivity index (χ2n) is 5.26. The van der Waals surface area contributed by atoms with Gasteiger partial charge in [0.25, 0.3) is 5.91 Å². The highest BCUT2D eigenvalue weighted by Crippen LogP contribution is 2.28. The largest absolute Gasteiger partial charge is 0.481 e. The molecule has 2 unspecified atom stereocenters. The number of carbonyl (C=O) groups is 1. The summed E-state index contributed by atoms with van der Waals surface area (Å²) in [6, 6.07) is 5.11. The van der Waals surface area contributed by atoms with E-state index in [2.05, 4.69) is 0 Å². The Hall–Kier alpha value is -1.26. The van der Waals surface area contributed by atoms with Gasteiger partial charge in [-0.2, -0.15) is 0 Å². The minimum atomic E-state index is -0.508. The van der Waals surface area contributed by atoms with E-state index in [1.54, 1.807) is 25.1 Å². The Labute approximate surface area is 124 Å². The first-order valence-corrected chi connectivity index (χ1v) is 7.37. The molecule has 1 aromatic carbocycles. The van der Waals surface area contributed by atoms with Crippen LogP contribution >= 0.6 is 11.6 Å². The fourth-order valence-corrected chi connectivity index (χ4v) is 2.60. The van der Waals surface area contributed by atoms with Crippen molar-refractivity contribution in [3.63, 3.8) is 0 Å². The van der Waals surface area contributed by atoms with Crippen molar-refractivity contribution < 1.29 is 9.53 Å². The van der Waals surface area contributed by atoms with Crippen molar-refractivity contribution in [3.05, 3.63) is 28.8 Å². The van der Waals surface area contributed by atoms with Crippen LogP contribution in [0.4, 0.5) is 0 Å². The van der Waals surface area contributed by atoms with E-state index >= 15 is 0 Å². The number of amides is 1. The molecule has 1 aromatic rings. The lowest BCUT2D eigenvalue weighted by Crippen LogP contribution is -2.38. The van der Waals surface area contributed by atoms with Crippen molar-refractivity contribution in [1.29, 1.82) is 0 Å². The number of nitrogens with zero attached hydrogens (tertiary/aromatic N) is 1. The van der Waals surface area contributed by atoms with Gasteiger partial charge in [-0.25, -0.2) is 0 Å². The fraction of sp³-hybridized carbons (Fsp3) is 0.533. The van der Waals surface area contributed by atoms with Gasteiger partial charge in [0.1, 0.15) is 5.75 Å². The Morgan fingerprint density at radius 3 is 2.60 bits per heavy atom. The third kappa shape index (κ3) is 3.44. The molecular weight excluding hydrogens is 276 g/mol. The highest BCUT2D eigenvalue weighted by atomic mass is 35.5. The predicted molar refractivity (Wildman–Crippen MR) is 80.0 cm³/mol. The Morgan fingerprint density at radius 1 is 1.35 bits per heavy atom. The zero-order valence-electron chi connectivity index (χ0n) is 11.9. The summed E-state index contributed by atoms with van der Waals surface area (Å²) in [5, 5.41) is 0.614. The molecule has 0 bridgehead atoms. The summed E-state index contributed by atoms with van der Waals surface area (Å²) in [6.45, 7) is 5.30. The summed E-state index contributed by atoms with van der Waals surface area (Å²) in [4.78, 5) is 14.1. The zero-order chi connectivity index (χ0) is 14.7. The Bertz CT molecular complexity index is 485. The SMILES string of the molecule is CC(Oc1ccc(Cl)cc1C(C)N)C(=O)N1CCCC1. The number of carbonyl (C=O) groups excluding carboxylic acids is 1. The maximum absolute atomic E-state index is 12.2. The average Bonchev–Trinajstić information content (AvgIpc) is 2.93. The molecule has 1 saturated heterocycles. The van der Waals surface area contributed by atoms with Crippen LogP contribution in [-0.4, -0.2) is 30.0 Å². The molecule has 2 N–H and O–H groups in total. The lowest BCUT2D eigenvalue weighted by molar-refractivity contribution is -0.136. The molecule has 20 heavy (non-hydrogen) atoms. The summed E-state index contributed by atoms with van der Waals surface area (Å²) < 4.78 is 5.81. The van der Waals surface area contributed by atoms with E-state index < -0.39 is 6.10 Å². The summed E-state index contributed by atoms with van der Waals surface area (Å²) in [6.07, 6.45) is 1.64. The van der Waals surface area contributed by atoms with Gasteiger partial charge in [-0.3, -0.25) is 4.79 Å². The van der Waals surface area contributed by atoms with Crippen molar-refractivity contribution in [1.82, 2.24) is 4.90 Å². The molecule has 2 rings (SSSR count). The van der Waals surface area contributed by atoms with Crippen molar-refractivity contribution in [2.75, 3.05) is 13.1 Å². The van der Waals surface area contributed by atoms with Gasteiger partial charge in [-0.1, -0.05) is 11.6 Å². The molecule has 4 nitrogen and oxygen atoms in total. The van der Waals surface area contributed by atoms with Gasteiger partial charge < -0.3 is 15.4 Å². The zero-order valence-corrected chi connectivity index (χ0v) is 12.7. The molecule has 0 spiro atoms. The Kier molecular flexibility index (Phi) is 4.89. The van der Waals surface area contributed by atoms with E-state index in [1.807, 2.05) is 11.8 Å². The van der Waals surface area contributed by atoms with Gasteiger partial charge in [-0.15, -0.1) is 0 Å². The van der Waals surface area contributed by atoms with E-state index in [-0.39, 0.29) is 11.9 Å². The molecule has 0 radical (unpaired) electrons. The van der Waals surface area contributed by atoms with Crippen LogP contribution in [0.15, 0.2) is 18.2 Å². The van der Waals surface area contributed by atoms with E-state index in [4.69, 9.17) is 22.1 Å². The van der Waals surface area contributed by atoms with E-state index in [9.17, 15) is 4.79 Å². The molecule has 1 aliphatic rings. The lowest BCUT2D eigenvalue weighted by atomic mass is 10.1. The van der Waals surface area contributed by atoms with Crippen LogP contribution < -0.4 is 10.5 Å².